The van der Waals surface area contributed by atoms with Gasteiger partial charge in [0.25, 0.3) is 5.56 Å². The molecule has 16 nitrogen and oxygen atoms in total. The number of aromatic amines is 1. The first kappa shape index (κ1) is 24.7. The second-order valence-electron chi connectivity index (χ2n) is 5.66. The van der Waals surface area contributed by atoms with Gasteiger partial charge in [-0.1, -0.05) is 0 Å². The minimum atomic E-state index is -5.81. The predicted molar refractivity (Wildman–Crippen MR) is 91.4 cm³/mol. The van der Waals surface area contributed by atoms with Crippen molar-refractivity contribution in [3.8, 4) is 0 Å². The summed E-state index contributed by atoms with van der Waals surface area (Å²) >= 11 is 4.88. The molecule has 0 amide bonds. The monoisotopic (exact) mass is 500 g/mol. The molecule has 7 N–H and O–H groups in total. The lowest BCUT2D eigenvalue weighted by atomic mass is 10.1. The molecule has 1 aromatic rings. The second-order valence-corrected chi connectivity index (χ2v) is 10.4. The number of phosphoric acid groups is 3. The number of nitrogens with zero attached hydrogens (tertiary/aromatic N) is 1. The number of aliphatic hydroxyl groups is 2. The van der Waals surface area contributed by atoms with Gasteiger partial charge in [-0.15, -0.1) is 0 Å². The third kappa shape index (κ3) is 6.19. The molecule has 0 aliphatic carbocycles. The Morgan fingerprint density at radius 3 is 2.28 bits per heavy atom. The number of aliphatic hydroxyl groups excluding tert-OH is 2. The van der Waals surface area contributed by atoms with E-state index in [2.05, 4.69) is 18.1 Å². The molecule has 0 spiro atoms. The van der Waals surface area contributed by atoms with Gasteiger partial charge >= 0.3 is 23.5 Å². The average molecular weight is 500 g/mol. The number of ether oxygens (including phenoxy) is 1. The molecule has 166 valence electrons. The molecule has 1 aliphatic heterocycles. The molecular formula is C9H15N2O14P3S. The van der Waals surface area contributed by atoms with Crippen LogP contribution in [0.5, 0.6) is 0 Å². The molecule has 20 heteroatoms. The van der Waals surface area contributed by atoms with Crippen molar-refractivity contribution in [3.63, 3.8) is 0 Å². The molecule has 0 saturated carbocycles. The summed E-state index contributed by atoms with van der Waals surface area (Å²) in [7, 11) is -17.1. The van der Waals surface area contributed by atoms with Gasteiger partial charge in [0.05, 0.1) is 0 Å². The van der Waals surface area contributed by atoms with Crippen molar-refractivity contribution in [3.05, 3.63) is 27.4 Å². The van der Waals surface area contributed by atoms with Crippen LogP contribution in [0.15, 0.2) is 17.1 Å². The summed E-state index contributed by atoms with van der Waals surface area (Å²) in [6.07, 6.45) is -4.37. The van der Waals surface area contributed by atoms with Crippen LogP contribution in [0, 0.1) is 4.77 Å². The Labute approximate surface area is 165 Å². The van der Waals surface area contributed by atoms with Gasteiger partial charge in [-0.3, -0.25) is 18.9 Å². The fraction of sp³-hybridized carbons (Fsp3) is 0.556. The number of hydrogen-bond acceptors (Lipinski definition) is 11. The van der Waals surface area contributed by atoms with E-state index in [-0.39, 0.29) is 4.77 Å². The SMILES string of the molecule is C[C@]1(OP(=O)(O)OP(=O)(O)OP(=O)(O)O)O[C@@H](n2ccc(=O)[nH]c2=S)[C@@H](O)[C@H]1O. The van der Waals surface area contributed by atoms with Crippen molar-refractivity contribution < 1.29 is 61.4 Å². The molecule has 0 bridgehead atoms. The fourth-order valence-corrected chi connectivity index (χ4v) is 5.81. The Morgan fingerprint density at radius 1 is 1.17 bits per heavy atom. The van der Waals surface area contributed by atoms with E-state index >= 15 is 0 Å². The van der Waals surface area contributed by atoms with Crippen LogP contribution in [-0.2, 0) is 31.6 Å². The third-order valence-corrected chi connectivity index (χ3v) is 7.58. The quantitative estimate of drug-likeness (QED) is 0.179. The maximum atomic E-state index is 12.0. The number of nitrogens with one attached hydrogen (secondary N) is 1. The van der Waals surface area contributed by atoms with Gasteiger partial charge in [-0.2, -0.15) is 8.62 Å². The van der Waals surface area contributed by atoms with Gasteiger partial charge < -0.3 is 34.5 Å². The lowest BCUT2D eigenvalue weighted by Gasteiger charge is -2.29. The smallest absolute Gasteiger partial charge is 0.385 e. The minimum Gasteiger partial charge on any atom is -0.385 e. The molecule has 1 saturated heterocycles. The first-order chi connectivity index (χ1) is 12.9. The Kier molecular flexibility index (Phi) is 6.93. The van der Waals surface area contributed by atoms with Gasteiger partial charge in [-0.05, 0) is 19.1 Å². The molecule has 0 aromatic carbocycles. The molecule has 2 unspecified atom stereocenters. The van der Waals surface area contributed by atoms with Crippen LogP contribution in [0.3, 0.4) is 0 Å². The molecule has 1 aromatic heterocycles. The van der Waals surface area contributed by atoms with Crippen molar-refractivity contribution in [2.75, 3.05) is 0 Å². The first-order valence-electron chi connectivity index (χ1n) is 7.15. The number of phosphoric ester groups is 1. The molecule has 1 aliphatic rings. The summed E-state index contributed by atoms with van der Waals surface area (Å²) in [5.74, 6) is -2.55. The zero-order valence-electron chi connectivity index (χ0n) is 14.0. The predicted octanol–water partition coefficient (Wildman–Crippen LogP) is -0.784. The van der Waals surface area contributed by atoms with E-state index in [1.54, 1.807) is 0 Å². The highest BCUT2D eigenvalue weighted by Gasteiger charge is 2.57. The van der Waals surface area contributed by atoms with Gasteiger partial charge in [0.1, 0.15) is 12.2 Å². The summed E-state index contributed by atoms with van der Waals surface area (Å²) in [4.78, 5) is 49.2. The number of rotatable bonds is 7. The molecular weight excluding hydrogens is 485 g/mol. The van der Waals surface area contributed by atoms with Crippen molar-refractivity contribution in [2.45, 2.75) is 31.1 Å². The van der Waals surface area contributed by atoms with Crippen LogP contribution in [0.4, 0.5) is 0 Å². The Balaban J connectivity index is 2.26. The zero-order chi connectivity index (χ0) is 22.4. The van der Waals surface area contributed by atoms with Crippen molar-refractivity contribution in [2.24, 2.45) is 0 Å². The minimum absolute atomic E-state index is 0.253. The molecule has 29 heavy (non-hydrogen) atoms. The van der Waals surface area contributed by atoms with Crippen LogP contribution in [0.1, 0.15) is 13.2 Å². The van der Waals surface area contributed by atoms with Gasteiger partial charge in [0, 0.05) is 12.3 Å². The van der Waals surface area contributed by atoms with Crippen molar-refractivity contribution in [1.29, 1.82) is 0 Å². The van der Waals surface area contributed by atoms with Crippen LogP contribution in [0.2, 0.25) is 0 Å². The maximum Gasteiger partial charge on any atom is 0.490 e. The highest BCUT2D eigenvalue weighted by Crippen LogP contribution is 2.67. The molecule has 1 fully saturated rings. The van der Waals surface area contributed by atoms with Crippen molar-refractivity contribution in [1.82, 2.24) is 9.55 Å². The highest BCUT2D eigenvalue weighted by molar-refractivity contribution is 7.71. The normalized spacial score (nSPS) is 31.9. The topological polar surface area (TPSA) is 247 Å². The zero-order valence-corrected chi connectivity index (χ0v) is 17.5. The Morgan fingerprint density at radius 2 is 1.76 bits per heavy atom. The lowest BCUT2D eigenvalue weighted by Crippen LogP contribution is -2.42. The molecule has 2 rings (SSSR count). The number of hydrogen-bond donors (Lipinski definition) is 7. The van der Waals surface area contributed by atoms with E-state index in [1.165, 1.54) is 0 Å². The van der Waals surface area contributed by atoms with Crippen LogP contribution >= 0.6 is 35.7 Å². The number of H-pyrrole nitrogens is 1. The lowest BCUT2D eigenvalue weighted by molar-refractivity contribution is -0.214. The van der Waals surface area contributed by atoms with Gasteiger partial charge in [-0.25, -0.2) is 13.7 Å². The fourth-order valence-electron chi connectivity index (χ4n) is 2.30. The molecule has 6 atom stereocenters. The number of aromatic nitrogens is 2. The first-order valence-corrected chi connectivity index (χ1v) is 12.1. The second kappa shape index (κ2) is 8.15. The highest BCUT2D eigenvalue weighted by atomic mass is 32.1. The van der Waals surface area contributed by atoms with Crippen molar-refractivity contribution >= 4 is 35.7 Å². The van der Waals surface area contributed by atoms with Crippen LogP contribution < -0.4 is 5.56 Å². The van der Waals surface area contributed by atoms with E-state index in [1.807, 2.05) is 0 Å². The average Bonchev–Trinajstić information content (AvgIpc) is 2.67. The van der Waals surface area contributed by atoms with E-state index in [4.69, 9.17) is 31.6 Å². The van der Waals surface area contributed by atoms with Crippen LogP contribution in [-0.4, -0.2) is 57.3 Å². The van der Waals surface area contributed by atoms with E-state index < -0.39 is 53.3 Å². The largest absolute Gasteiger partial charge is 0.490 e. The van der Waals surface area contributed by atoms with Gasteiger partial charge in [0.15, 0.2) is 11.0 Å². The standard InChI is InChI=1S/C9H15N2O14P3S/c1-9(23-27(18,19)25-28(20,21)24-26(15,16)17)6(14)5(13)7(22-9)11-3-2-4(12)10-8(11)29/h2-3,5-7,13-14H,1H3,(H,18,19)(H,20,21)(H,10,12,29)(H2,15,16,17)/t5-,6+,7+,9+/m0/s1. The molecule has 2 heterocycles. The van der Waals surface area contributed by atoms with Crippen LogP contribution in [0.25, 0.3) is 0 Å². The van der Waals surface area contributed by atoms with E-state index in [0.29, 0.717) is 0 Å². The summed E-state index contributed by atoms with van der Waals surface area (Å²) in [6.45, 7) is 0.842. The summed E-state index contributed by atoms with van der Waals surface area (Å²) < 4.78 is 51.5. The van der Waals surface area contributed by atoms with E-state index in [9.17, 15) is 33.6 Å². The third-order valence-electron chi connectivity index (χ3n) is 3.35. The summed E-state index contributed by atoms with van der Waals surface area (Å²) in [5.41, 5.74) is -0.588. The maximum absolute atomic E-state index is 12.0. The molecule has 0 radical (unpaired) electrons. The van der Waals surface area contributed by atoms with E-state index in [0.717, 1.165) is 23.8 Å². The summed E-state index contributed by atoms with van der Waals surface area (Å²) in [6, 6.07) is 0.996. The Hall–Kier alpha value is -0.610. The Bertz CT molecular complexity index is 1030. The van der Waals surface area contributed by atoms with Gasteiger partial charge in [0.2, 0.25) is 5.79 Å². The summed E-state index contributed by atoms with van der Waals surface area (Å²) in [5, 5.41) is 20.3.